The van der Waals surface area contributed by atoms with Gasteiger partial charge in [-0.2, -0.15) is 10.2 Å². The van der Waals surface area contributed by atoms with Gasteiger partial charge >= 0.3 is 0 Å². The zero-order valence-corrected chi connectivity index (χ0v) is 17.2. The molecule has 1 N–H and O–H groups in total. The number of aromatic nitrogens is 5. The van der Waals surface area contributed by atoms with E-state index >= 15 is 0 Å². The quantitative estimate of drug-likeness (QED) is 0.680. The Bertz CT molecular complexity index is 1050. The molecule has 0 saturated heterocycles. The van der Waals surface area contributed by atoms with Crippen LogP contribution >= 0.6 is 0 Å². The third kappa shape index (κ3) is 3.86. The fraction of sp³-hybridized carbons (Fsp3) is 0.500. The molecule has 10 heteroatoms. The van der Waals surface area contributed by atoms with E-state index < -0.39 is 18.0 Å². The number of nitrogens with zero attached hydrogens (tertiary/aromatic N) is 6. The molecule has 0 unspecified atom stereocenters. The van der Waals surface area contributed by atoms with Crippen molar-refractivity contribution in [1.82, 2.24) is 24.4 Å². The summed E-state index contributed by atoms with van der Waals surface area (Å²) in [5.41, 5.74) is 0.991. The maximum Gasteiger partial charge on any atom is 0.284 e. The minimum atomic E-state index is -2.78. The first-order chi connectivity index (χ1) is 14.3. The van der Waals surface area contributed by atoms with Gasteiger partial charge in [0.2, 0.25) is 0 Å². The number of alkyl halides is 2. The van der Waals surface area contributed by atoms with Gasteiger partial charge in [0, 0.05) is 20.3 Å². The van der Waals surface area contributed by atoms with Crippen molar-refractivity contribution in [3.05, 3.63) is 36.0 Å². The average Bonchev–Trinajstić information content (AvgIpc) is 3.32. The second kappa shape index (κ2) is 8.00. The average molecular weight is 417 g/mol. The summed E-state index contributed by atoms with van der Waals surface area (Å²) in [7, 11) is 3.74. The van der Waals surface area contributed by atoms with Gasteiger partial charge in [-0.25, -0.2) is 18.3 Å². The van der Waals surface area contributed by atoms with Crippen molar-refractivity contribution in [3.63, 3.8) is 0 Å². The molecule has 3 aromatic heterocycles. The first kappa shape index (κ1) is 20.2. The lowest BCUT2D eigenvalue weighted by molar-refractivity contribution is 0.102. The van der Waals surface area contributed by atoms with E-state index in [1.807, 2.05) is 19.0 Å². The van der Waals surface area contributed by atoms with Crippen LogP contribution in [0.5, 0.6) is 0 Å². The van der Waals surface area contributed by atoms with E-state index in [0.717, 1.165) is 31.4 Å². The maximum absolute atomic E-state index is 13.6. The number of hydrogen-bond donors (Lipinski definition) is 1. The number of amides is 1. The molecule has 4 rings (SSSR count). The Morgan fingerprint density at radius 2 is 1.93 bits per heavy atom. The minimum Gasteiger partial charge on any atom is -0.375 e. The number of hydrogen-bond acceptors (Lipinski definition) is 5. The first-order valence-corrected chi connectivity index (χ1v) is 10.0. The molecular weight excluding hydrogens is 392 g/mol. The summed E-state index contributed by atoms with van der Waals surface area (Å²) in [6.45, 7) is 2.20. The molecule has 8 nitrogen and oxygen atoms in total. The van der Waals surface area contributed by atoms with E-state index in [4.69, 9.17) is 0 Å². The van der Waals surface area contributed by atoms with Crippen LogP contribution in [0.15, 0.2) is 24.8 Å². The van der Waals surface area contributed by atoms with Gasteiger partial charge in [0.25, 0.3) is 12.3 Å². The van der Waals surface area contributed by atoms with Crippen molar-refractivity contribution in [1.29, 1.82) is 0 Å². The van der Waals surface area contributed by atoms with Gasteiger partial charge in [0.05, 0.1) is 36.0 Å². The van der Waals surface area contributed by atoms with Crippen molar-refractivity contribution in [3.8, 4) is 0 Å². The van der Waals surface area contributed by atoms with Crippen LogP contribution in [0.2, 0.25) is 0 Å². The van der Waals surface area contributed by atoms with E-state index in [0.29, 0.717) is 11.6 Å². The van der Waals surface area contributed by atoms with Gasteiger partial charge in [-0.1, -0.05) is 6.92 Å². The maximum atomic E-state index is 13.6. The molecule has 1 saturated carbocycles. The van der Waals surface area contributed by atoms with E-state index in [9.17, 15) is 13.6 Å². The molecular formula is C20H25F2N7O. The predicted octanol–water partition coefficient (Wildman–Crippen LogP) is 3.93. The third-order valence-corrected chi connectivity index (χ3v) is 5.68. The topological polar surface area (TPSA) is 80.4 Å². The van der Waals surface area contributed by atoms with Crippen LogP contribution in [0.25, 0.3) is 5.65 Å². The molecule has 1 amide bonds. The van der Waals surface area contributed by atoms with Gasteiger partial charge in [-0.15, -0.1) is 0 Å². The molecule has 0 radical (unpaired) electrons. The molecule has 0 aromatic carbocycles. The highest BCUT2D eigenvalue weighted by Crippen LogP contribution is 2.34. The molecule has 0 spiro atoms. The summed E-state index contributed by atoms with van der Waals surface area (Å²) in [5, 5.41) is 10.8. The first-order valence-electron chi connectivity index (χ1n) is 10.0. The number of halogens is 2. The van der Waals surface area contributed by atoms with Crippen molar-refractivity contribution in [2.24, 2.45) is 5.92 Å². The Balaban J connectivity index is 1.59. The highest BCUT2D eigenvalue weighted by Gasteiger charge is 2.26. The minimum absolute atomic E-state index is 0.0258. The van der Waals surface area contributed by atoms with E-state index in [1.54, 1.807) is 17.1 Å². The van der Waals surface area contributed by atoms with Crippen molar-refractivity contribution in [2.45, 2.75) is 45.1 Å². The van der Waals surface area contributed by atoms with E-state index in [1.165, 1.54) is 16.9 Å². The number of nitrogens with one attached hydrogen (secondary N) is 1. The van der Waals surface area contributed by atoms with Crippen LogP contribution in [0.3, 0.4) is 0 Å². The number of carbonyl (C=O) groups is 1. The Labute approximate surface area is 172 Å². The Morgan fingerprint density at radius 3 is 2.60 bits per heavy atom. The Hall–Kier alpha value is -3.04. The standard InChI is InChI=1S/C20H25F2N7O/c1-12-4-6-13(7-5-12)28-11-16(17(26-28)18(21)22)25-20(30)15-9-24-29-10-14(27(2)3)8-23-19(15)29/h8-13,18H,4-7H2,1-3H3,(H,25,30). The summed E-state index contributed by atoms with van der Waals surface area (Å²) in [6, 6.07) is 0.0763. The fourth-order valence-electron chi connectivity index (χ4n) is 3.80. The summed E-state index contributed by atoms with van der Waals surface area (Å²) >= 11 is 0. The summed E-state index contributed by atoms with van der Waals surface area (Å²) in [6.07, 6.45) is 7.35. The van der Waals surface area contributed by atoms with Crippen LogP contribution in [-0.2, 0) is 0 Å². The van der Waals surface area contributed by atoms with Crippen LogP contribution in [0, 0.1) is 5.92 Å². The molecule has 1 aliphatic rings. The monoisotopic (exact) mass is 417 g/mol. The van der Waals surface area contributed by atoms with Crippen LogP contribution in [0.4, 0.5) is 20.2 Å². The molecule has 1 aliphatic carbocycles. The zero-order valence-electron chi connectivity index (χ0n) is 17.2. The van der Waals surface area contributed by atoms with Crippen molar-refractivity contribution >= 4 is 22.9 Å². The second-order valence-electron chi connectivity index (χ2n) is 8.11. The number of carbonyl (C=O) groups excluding carboxylic acids is 1. The lowest BCUT2D eigenvalue weighted by Crippen LogP contribution is -2.17. The molecule has 1 fully saturated rings. The lowest BCUT2D eigenvalue weighted by atomic mass is 9.87. The number of fused-ring (bicyclic) bond motifs is 1. The SMILES string of the molecule is CC1CCC(n2cc(NC(=O)c3cnn4cc(N(C)C)cnc34)c(C(F)F)n2)CC1. The number of rotatable bonds is 5. The van der Waals surface area contributed by atoms with Gasteiger partial charge < -0.3 is 10.2 Å². The molecule has 0 atom stereocenters. The number of anilines is 2. The van der Waals surface area contributed by atoms with E-state index in [2.05, 4.69) is 27.4 Å². The van der Waals surface area contributed by atoms with Crippen molar-refractivity contribution in [2.75, 3.05) is 24.3 Å². The smallest absolute Gasteiger partial charge is 0.284 e. The van der Waals surface area contributed by atoms with Gasteiger partial charge in [0.15, 0.2) is 11.3 Å². The summed E-state index contributed by atoms with van der Waals surface area (Å²) < 4.78 is 30.2. The molecule has 30 heavy (non-hydrogen) atoms. The van der Waals surface area contributed by atoms with Crippen LogP contribution in [0.1, 0.15) is 61.1 Å². The lowest BCUT2D eigenvalue weighted by Gasteiger charge is -2.26. The summed E-state index contributed by atoms with van der Waals surface area (Å²) in [5.74, 6) is 0.0931. The normalized spacial score (nSPS) is 19.4. The molecule has 3 heterocycles. The zero-order chi connectivity index (χ0) is 21.4. The van der Waals surface area contributed by atoms with Gasteiger partial charge in [-0.3, -0.25) is 9.48 Å². The second-order valence-corrected chi connectivity index (χ2v) is 8.11. The van der Waals surface area contributed by atoms with Crippen molar-refractivity contribution < 1.29 is 13.6 Å². The van der Waals surface area contributed by atoms with Crippen LogP contribution < -0.4 is 10.2 Å². The largest absolute Gasteiger partial charge is 0.375 e. The Kier molecular flexibility index (Phi) is 5.40. The summed E-state index contributed by atoms with van der Waals surface area (Å²) in [4.78, 5) is 19.0. The fourth-order valence-corrected chi connectivity index (χ4v) is 3.80. The van der Waals surface area contributed by atoms with Gasteiger partial charge in [-0.05, 0) is 31.6 Å². The van der Waals surface area contributed by atoms with Gasteiger partial charge in [0.1, 0.15) is 5.56 Å². The Morgan fingerprint density at radius 1 is 1.20 bits per heavy atom. The molecule has 0 aliphatic heterocycles. The highest BCUT2D eigenvalue weighted by molar-refractivity contribution is 6.08. The third-order valence-electron chi connectivity index (χ3n) is 5.68. The van der Waals surface area contributed by atoms with E-state index in [-0.39, 0.29) is 17.3 Å². The highest BCUT2D eigenvalue weighted by atomic mass is 19.3. The van der Waals surface area contributed by atoms with Crippen LogP contribution in [-0.4, -0.2) is 44.4 Å². The molecule has 160 valence electrons. The predicted molar refractivity (Wildman–Crippen MR) is 109 cm³/mol. The molecule has 0 bridgehead atoms. The molecule has 3 aromatic rings.